The van der Waals surface area contributed by atoms with Crippen molar-refractivity contribution in [3.05, 3.63) is 66.0 Å². The molecule has 0 aliphatic carbocycles. The summed E-state index contributed by atoms with van der Waals surface area (Å²) in [6.07, 6.45) is 1.99. The van der Waals surface area contributed by atoms with Gasteiger partial charge >= 0.3 is 6.09 Å². The van der Waals surface area contributed by atoms with Gasteiger partial charge in [0.25, 0.3) is 5.91 Å². The van der Waals surface area contributed by atoms with E-state index in [2.05, 4.69) is 4.98 Å². The lowest BCUT2D eigenvalue weighted by molar-refractivity contribution is 0.0743. The molecule has 1 saturated heterocycles. The Balaban J connectivity index is 1.52. The van der Waals surface area contributed by atoms with Crippen LogP contribution in [-0.2, 0) is 11.3 Å². The van der Waals surface area contributed by atoms with E-state index in [1.54, 1.807) is 34.2 Å². The Morgan fingerprint density at radius 3 is 2.40 bits per heavy atom. The first kappa shape index (κ1) is 17.0. The van der Waals surface area contributed by atoms with E-state index in [-0.39, 0.29) is 18.6 Å². The Morgan fingerprint density at radius 2 is 1.64 bits per heavy atom. The Kier molecular flexibility index (Phi) is 5.61. The van der Waals surface area contributed by atoms with Crippen molar-refractivity contribution in [2.75, 3.05) is 26.2 Å². The lowest BCUT2D eigenvalue weighted by Gasteiger charge is -2.21. The largest absolute Gasteiger partial charge is 0.445 e. The number of benzene rings is 1. The molecule has 1 aliphatic heterocycles. The van der Waals surface area contributed by atoms with Gasteiger partial charge in [0.2, 0.25) is 0 Å². The molecule has 0 spiro atoms. The van der Waals surface area contributed by atoms with Gasteiger partial charge in [0.15, 0.2) is 0 Å². The van der Waals surface area contributed by atoms with Crippen LogP contribution in [0.15, 0.2) is 54.7 Å². The van der Waals surface area contributed by atoms with Crippen LogP contribution < -0.4 is 0 Å². The summed E-state index contributed by atoms with van der Waals surface area (Å²) < 4.78 is 5.37. The molecule has 0 saturated carbocycles. The first-order chi connectivity index (χ1) is 12.2. The van der Waals surface area contributed by atoms with E-state index in [1.165, 1.54) is 0 Å². The van der Waals surface area contributed by atoms with Gasteiger partial charge in [0.1, 0.15) is 12.3 Å². The Bertz CT molecular complexity index is 706. The molecule has 1 aromatic carbocycles. The highest BCUT2D eigenvalue weighted by molar-refractivity contribution is 5.92. The number of hydrogen-bond donors (Lipinski definition) is 0. The minimum Gasteiger partial charge on any atom is -0.445 e. The van der Waals surface area contributed by atoms with Gasteiger partial charge in [-0.2, -0.15) is 0 Å². The number of ether oxygens (including phenoxy) is 1. The van der Waals surface area contributed by atoms with Crippen LogP contribution in [0.4, 0.5) is 4.79 Å². The Morgan fingerprint density at radius 1 is 0.920 bits per heavy atom. The van der Waals surface area contributed by atoms with Crippen molar-refractivity contribution in [1.29, 1.82) is 0 Å². The molecule has 2 aromatic rings. The first-order valence-electron chi connectivity index (χ1n) is 8.40. The number of nitrogens with zero attached hydrogens (tertiary/aromatic N) is 3. The molecular weight excluding hydrogens is 318 g/mol. The zero-order valence-electron chi connectivity index (χ0n) is 14.0. The third-order valence-electron chi connectivity index (χ3n) is 4.13. The number of carbonyl (C=O) groups excluding carboxylic acids is 2. The molecule has 2 heterocycles. The van der Waals surface area contributed by atoms with Crippen molar-refractivity contribution in [2.24, 2.45) is 0 Å². The minimum absolute atomic E-state index is 0.0971. The van der Waals surface area contributed by atoms with Gasteiger partial charge in [-0.1, -0.05) is 36.4 Å². The second-order valence-electron chi connectivity index (χ2n) is 5.89. The van der Waals surface area contributed by atoms with Crippen LogP contribution in [0.5, 0.6) is 0 Å². The average molecular weight is 339 g/mol. The zero-order chi connectivity index (χ0) is 17.5. The number of rotatable bonds is 3. The van der Waals surface area contributed by atoms with Crippen molar-refractivity contribution < 1.29 is 14.3 Å². The van der Waals surface area contributed by atoms with E-state index in [1.807, 2.05) is 30.3 Å². The fourth-order valence-electron chi connectivity index (χ4n) is 2.76. The molecule has 0 N–H and O–H groups in total. The molecule has 25 heavy (non-hydrogen) atoms. The van der Waals surface area contributed by atoms with Crippen molar-refractivity contribution >= 4 is 12.0 Å². The summed E-state index contributed by atoms with van der Waals surface area (Å²) in [5, 5.41) is 0. The molecule has 2 amide bonds. The van der Waals surface area contributed by atoms with Gasteiger partial charge in [0, 0.05) is 32.4 Å². The fourth-order valence-corrected chi connectivity index (χ4v) is 2.76. The number of carbonyl (C=O) groups is 2. The number of pyridine rings is 1. The molecule has 1 aromatic heterocycles. The smallest absolute Gasteiger partial charge is 0.410 e. The summed E-state index contributed by atoms with van der Waals surface area (Å²) in [5.41, 5.74) is 1.39. The second-order valence-corrected chi connectivity index (χ2v) is 5.89. The molecule has 1 fully saturated rings. The predicted molar refractivity (Wildman–Crippen MR) is 93.0 cm³/mol. The number of hydrogen-bond acceptors (Lipinski definition) is 4. The average Bonchev–Trinajstić information content (AvgIpc) is 2.93. The van der Waals surface area contributed by atoms with Gasteiger partial charge < -0.3 is 14.5 Å². The van der Waals surface area contributed by atoms with Crippen molar-refractivity contribution in [2.45, 2.75) is 13.0 Å². The normalized spacial score (nSPS) is 14.7. The van der Waals surface area contributed by atoms with Crippen LogP contribution in [0.25, 0.3) is 0 Å². The van der Waals surface area contributed by atoms with Crippen LogP contribution in [0.3, 0.4) is 0 Å². The lowest BCUT2D eigenvalue weighted by atomic mass is 10.2. The SMILES string of the molecule is O=C(OCc1ccccc1)N1CCCN(C(=O)c2ccccn2)CC1. The van der Waals surface area contributed by atoms with Crippen LogP contribution in [0.2, 0.25) is 0 Å². The Hall–Kier alpha value is -2.89. The lowest BCUT2D eigenvalue weighted by Crippen LogP contribution is -2.37. The minimum atomic E-state index is -0.337. The maximum Gasteiger partial charge on any atom is 0.410 e. The molecule has 6 heteroatoms. The van der Waals surface area contributed by atoms with Gasteiger partial charge in [-0.25, -0.2) is 4.79 Å². The summed E-state index contributed by atoms with van der Waals surface area (Å²) in [6.45, 7) is 2.40. The van der Waals surface area contributed by atoms with Crippen LogP contribution in [0.1, 0.15) is 22.5 Å². The molecule has 0 unspecified atom stereocenters. The van der Waals surface area contributed by atoms with E-state index >= 15 is 0 Å². The summed E-state index contributed by atoms with van der Waals surface area (Å²) in [6, 6.07) is 14.9. The molecule has 3 rings (SSSR count). The van der Waals surface area contributed by atoms with Crippen LogP contribution >= 0.6 is 0 Å². The maximum atomic E-state index is 12.5. The molecular formula is C19H21N3O3. The third-order valence-corrected chi connectivity index (χ3v) is 4.13. The predicted octanol–water partition coefficient (Wildman–Crippen LogP) is 2.57. The third kappa shape index (κ3) is 4.56. The highest BCUT2D eigenvalue weighted by atomic mass is 16.6. The van der Waals surface area contributed by atoms with E-state index in [0.717, 1.165) is 12.0 Å². The fraction of sp³-hybridized carbons (Fsp3) is 0.316. The topological polar surface area (TPSA) is 62.7 Å². The van der Waals surface area contributed by atoms with Gasteiger partial charge in [-0.15, -0.1) is 0 Å². The van der Waals surface area contributed by atoms with Crippen molar-refractivity contribution in [1.82, 2.24) is 14.8 Å². The molecule has 0 bridgehead atoms. The van der Waals surface area contributed by atoms with Crippen LogP contribution in [0, 0.1) is 0 Å². The molecule has 0 radical (unpaired) electrons. The highest BCUT2D eigenvalue weighted by Crippen LogP contribution is 2.10. The van der Waals surface area contributed by atoms with E-state index in [4.69, 9.17) is 4.74 Å². The van der Waals surface area contributed by atoms with E-state index < -0.39 is 0 Å². The first-order valence-corrected chi connectivity index (χ1v) is 8.40. The van der Waals surface area contributed by atoms with Crippen molar-refractivity contribution in [3.8, 4) is 0 Å². The standard InChI is InChI=1S/C19H21N3O3/c23-18(17-9-4-5-10-20-17)21-11-6-12-22(14-13-21)19(24)25-15-16-7-2-1-3-8-16/h1-5,7-10H,6,11-15H2. The van der Waals surface area contributed by atoms with Gasteiger partial charge in [-0.3, -0.25) is 9.78 Å². The summed E-state index contributed by atoms with van der Waals surface area (Å²) in [7, 11) is 0. The zero-order valence-corrected chi connectivity index (χ0v) is 14.0. The summed E-state index contributed by atoms with van der Waals surface area (Å²) in [4.78, 5) is 32.2. The molecule has 130 valence electrons. The summed E-state index contributed by atoms with van der Waals surface area (Å²) >= 11 is 0. The number of amides is 2. The molecule has 6 nitrogen and oxygen atoms in total. The quantitative estimate of drug-likeness (QED) is 0.862. The molecule has 1 aliphatic rings. The van der Waals surface area contributed by atoms with Gasteiger partial charge in [-0.05, 0) is 24.1 Å². The van der Waals surface area contributed by atoms with E-state index in [9.17, 15) is 9.59 Å². The van der Waals surface area contributed by atoms with Crippen LogP contribution in [-0.4, -0.2) is 53.0 Å². The van der Waals surface area contributed by atoms with E-state index in [0.29, 0.717) is 31.9 Å². The maximum absolute atomic E-state index is 12.5. The molecule has 0 atom stereocenters. The Labute approximate surface area is 147 Å². The highest BCUT2D eigenvalue weighted by Gasteiger charge is 2.24. The summed E-state index contributed by atoms with van der Waals surface area (Å²) in [5.74, 6) is -0.0971. The number of aromatic nitrogens is 1. The van der Waals surface area contributed by atoms with Gasteiger partial charge in [0.05, 0.1) is 0 Å². The van der Waals surface area contributed by atoms with Crippen molar-refractivity contribution in [3.63, 3.8) is 0 Å². The second kappa shape index (κ2) is 8.28. The monoisotopic (exact) mass is 339 g/mol.